The first-order valence-electron chi connectivity index (χ1n) is 5.10. The number of carboxylic acids is 1. The van der Waals surface area contributed by atoms with Crippen LogP contribution in [0.5, 0.6) is 0 Å². The topological polar surface area (TPSA) is 57.2 Å². The van der Waals surface area contributed by atoms with Gasteiger partial charge in [-0.25, -0.2) is 0 Å². The minimum absolute atomic E-state index is 0. The maximum absolute atomic E-state index is 10.1. The van der Waals surface area contributed by atoms with Crippen LogP contribution in [0.25, 0.3) is 0 Å². The third-order valence-corrected chi connectivity index (χ3v) is 2.27. The Morgan fingerprint density at radius 3 is 1.89 bits per heavy atom. The molecule has 0 radical (unpaired) electrons. The molecular weight excluding hydrogens is 275 g/mol. The molecule has 92 valence electrons. The Hall–Kier alpha value is -1.13. The number of aromatic carboxylic acids is 1. The molecule has 0 saturated heterocycles. The molecule has 0 bridgehead atoms. The molecule has 0 atom stereocenters. The minimum atomic E-state index is -1.13. The second-order valence-electron chi connectivity index (χ2n) is 3.32. The number of aldehydes is 1. The average Bonchev–Trinajstić information content (AvgIpc) is 2.41. The normalized spacial score (nSPS) is 8.47. The van der Waals surface area contributed by atoms with E-state index >= 15 is 0 Å². The molecule has 0 aliphatic rings. The van der Waals surface area contributed by atoms with Gasteiger partial charge in [-0.2, -0.15) is 0 Å². The molecule has 0 aromatic heterocycles. The third kappa shape index (κ3) is 7.13. The summed E-state index contributed by atoms with van der Waals surface area (Å²) in [7, 11) is 0. The van der Waals surface area contributed by atoms with Gasteiger partial charge in [0, 0.05) is 10.6 Å². The summed E-state index contributed by atoms with van der Waals surface area (Å²) in [5.41, 5.74) is 0.872. The summed E-state index contributed by atoms with van der Waals surface area (Å²) in [5.74, 6) is -1.13. The van der Waals surface area contributed by atoms with E-state index in [1.54, 1.807) is 42.5 Å². The molecule has 2 aromatic rings. The molecule has 3 nitrogen and oxygen atoms in total. The summed E-state index contributed by atoms with van der Waals surface area (Å²) in [6.45, 7) is 0. The fourth-order valence-corrected chi connectivity index (χ4v) is 1.24. The standard InChI is InChI=1S/C7H5ClO.C7H6O2.Na/c8-7-3-1-6(5-9)2-4-7;8-7(9)6-4-2-1-3-5-6;/h1-5H;1-5H,(H,8,9);/q;;+1/p-1. The van der Waals surface area contributed by atoms with Gasteiger partial charge in [0.15, 0.2) is 0 Å². The van der Waals surface area contributed by atoms with Gasteiger partial charge in [-0.15, -0.1) is 0 Å². The largest absolute Gasteiger partial charge is 1.00 e. The van der Waals surface area contributed by atoms with Crippen LogP contribution in [0.3, 0.4) is 0 Å². The van der Waals surface area contributed by atoms with E-state index in [1.807, 2.05) is 0 Å². The van der Waals surface area contributed by atoms with Crippen molar-refractivity contribution in [2.45, 2.75) is 0 Å². The summed E-state index contributed by atoms with van der Waals surface area (Å²) < 4.78 is 0. The Morgan fingerprint density at radius 1 is 1.00 bits per heavy atom. The van der Waals surface area contributed by atoms with Gasteiger partial charge in [-0.05, 0) is 17.7 Å². The second kappa shape index (κ2) is 9.75. The number of carbonyl (C=O) groups excluding carboxylic acids is 2. The maximum Gasteiger partial charge on any atom is 1.00 e. The predicted molar refractivity (Wildman–Crippen MR) is 67.6 cm³/mol. The maximum atomic E-state index is 10.1. The molecular formula is C14H10ClNaO3. The minimum Gasteiger partial charge on any atom is -0.545 e. The van der Waals surface area contributed by atoms with Crippen LogP contribution in [0.4, 0.5) is 0 Å². The van der Waals surface area contributed by atoms with Gasteiger partial charge >= 0.3 is 29.6 Å². The summed E-state index contributed by atoms with van der Waals surface area (Å²) in [6, 6.07) is 14.8. The van der Waals surface area contributed by atoms with Crippen LogP contribution in [0.1, 0.15) is 20.7 Å². The molecule has 5 heteroatoms. The molecule has 2 rings (SSSR count). The van der Waals surface area contributed by atoms with Crippen molar-refractivity contribution in [3.63, 3.8) is 0 Å². The summed E-state index contributed by atoms with van der Waals surface area (Å²) >= 11 is 5.55. The van der Waals surface area contributed by atoms with Gasteiger partial charge in [0.2, 0.25) is 0 Å². The van der Waals surface area contributed by atoms with Crippen LogP contribution in [0.2, 0.25) is 5.02 Å². The van der Waals surface area contributed by atoms with E-state index in [0.29, 0.717) is 10.6 Å². The SMILES string of the molecule is O=C([O-])c1ccccc1.O=Cc1ccc(Cl)cc1.[Na+]. The number of rotatable bonds is 2. The van der Waals surface area contributed by atoms with Crippen molar-refractivity contribution >= 4 is 23.9 Å². The monoisotopic (exact) mass is 284 g/mol. The Balaban J connectivity index is 0.000000324. The van der Waals surface area contributed by atoms with Gasteiger partial charge in [0.05, 0.1) is 5.97 Å². The molecule has 0 heterocycles. The van der Waals surface area contributed by atoms with Crippen molar-refractivity contribution in [2.24, 2.45) is 0 Å². The van der Waals surface area contributed by atoms with Gasteiger partial charge in [0.25, 0.3) is 0 Å². The van der Waals surface area contributed by atoms with E-state index < -0.39 is 5.97 Å². The van der Waals surface area contributed by atoms with Crippen molar-refractivity contribution < 1.29 is 44.3 Å². The number of carbonyl (C=O) groups is 2. The number of hydrogen-bond acceptors (Lipinski definition) is 3. The average molecular weight is 285 g/mol. The zero-order valence-electron chi connectivity index (χ0n) is 10.4. The molecule has 19 heavy (non-hydrogen) atoms. The van der Waals surface area contributed by atoms with E-state index in [-0.39, 0.29) is 35.1 Å². The molecule has 2 aromatic carbocycles. The van der Waals surface area contributed by atoms with Gasteiger partial charge in [-0.1, -0.05) is 54.1 Å². The first-order chi connectivity index (χ1) is 8.63. The zero-order valence-corrected chi connectivity index (χ0v) is 13.1. The van der Waals surface area contributed by atoms with Crippen LogP contribution >= 0.6 is 11.6 Å². The van der Waals surface area contributed by atoms with Crippen LogP contribution in [0.15, 0.2) is 54.6 Å². The van der Waals surface area contributed by atoms with Gasteiger partial charge in [0.1, 0.15) is 6.29 Å². The van der Waals surface area contributed by atoms with E-state index in [9.17, 15) is 14.7 Å². The molecule has 0 unspecified atom stereocenters. The van der Waals surface area contributed by atoms with Crippen molar-refractivity contribution in [3.8, 4) is 0 Å². The van der Waals surface area contributed by atoms with Crippen LogP contribution in [-0.2, 0) is 0 Å². The fraction of sp³-hybridized carbons (Fsp3) is 0. The predicted octanol–water partition coefficient (Wildman–Crippen LogP) is -0.793. The number of benzene rings is 2. The van der Waals surface area contributed by atoms with E-state index in [1.165, 1.54) is 12.1 Å². The fourth-order valence-electron chi connectivity index (χ4n) is 1.12. The molecule has 0 N–H and O–H groups in total. The molecule has 0 spiro atoms. The number of carboxylic acid groups (broad SMARTS) is 1. The van der Waals surface area contributed by atoms with Crippen LogP contribution < -0.4 is 34.7 Å². The van der Waals surface area contributed by atoms with Crippen molar-refractivity contribution in [3.05, 3.63) is 70.7 Å². The van der Waals surface area contributed by atoms with Gasteiger partial charge in [-0.3, -0.25) is 4.79 Å². The van der Waals surface area contributed by atoms with Crippen LogP contribution in [-0.4, -0.2) is 12.3 Å². The molecule has 0 amide bonds. The Kier molecular flexibility index (Phi) is 9.17. The van der Waals surface area contributed by atoms with Crippen molar-refractivity contribution in [2.75, 3.05) is 0 Å². The van der Waals surface area contributed by atoms with E-state index in [4.69, 9.17) is 11.6 Å². The van der Waals surface area contributed by atoms with Crippen LogP contribution in [0, 0.1) is 0 Å². The number of halogens is 1. The Labute approximate surface area is 138 Å². The zero-order chi connectivity index (χ0) is 13.4. The molecule has 0 aliphatic carbocycles. The quantitative estimate of drug-likeness (QED) is 0.536. The Bertz CT molecular complexity index is 512. The van der Waals surface area contributed by atoms with Crippen molar-refractivity contribution in [1.82, 2.24) is 0 Å². The summed E-state index contributed by atoms with van der Waals surface area (Å²) in [5, 5.41) is 10.7. The number of hydrogen-bond donors (Lipinski definition) is 0. The first-order valence-corrected chi connectivity index (χ1v) is 5.48. The molecule has 0 aliphatic heterocycles. The van der Waals surface area contributed by atoms with Gasteiger partial charge < -0.3 is 9.90 Å². The molecule has 0 saturated carbocycles. The Morgan fingerprint density at radius 2 is 1.53 bits per heavy atom. The summed E-state index contributed by atoms with van der Waals surface area (Å²) in [6.07, 6.45) is 0.788. The van der Waals surface area contributed by atoms with Crippen molar-refractivity contribution in [1.29, 1.82) is 0 Å². The van der Waals surface area contributed by atoms with E-state index in [2.05, 4.69) is 0 Å². The summed E-state index contributed by atoms with van der Waals surface area (Å²) in [4.78, 5) is 20.2. The molecule has 0 fully saturated rings. The van der Waals surface area contributed by atoms with E-state index in [0.717, 1.165) is 6.29 Å². The third-order valence-electron chi connectivity index (χ3n) is 2.02. The smallest absolute Gasteiger partial charge is 0.545 e. The first kappa shape index (κ1) is 17.9. The second-order valence-corrected chi connectivity index (χ2v) is 3.76.